The van der Waals surface area contributed by atoms with Gasteiger partial charge in [-0.25, -0.2) is 4.79 Å². The molecule has 2 aromatic rings. The van der Waals surface area contributed by atoms with E-state index in [1.807, 2.05) is 0 Å². The number of carboxylic acid groups (broad SMARTS) is 1. The summed E-state index contributed by atoms with van der Waals surface area (Å²) < 4.78 is 0. The number of aromatic carboxylic acids is 1. The highest BCUT2D eigenvalue weighted by molar-refractivity contribution is 6.35. The minimum Gasteiger partial charge on any atom is -0.478 e. The second-order valence-electron chi connectivity index (χ2n) is 3.73. The number of hydrogen-bond donors (Lipinski definition) is 2. The Morgan fingerprint density at radius 2 is 1.94 bits per heavy atom. The first kappa shape index (κ1) is 12.3. The summed E-state index contributed by atoms with van der Waals surface area (Å²) in [4.78, 5) is 36.8. The van der Waals surface area contributed by atoms with Crippen LogP contribution in [0.15, 0.2) is 23.0 Å². The summed E-state index contributed by atoms with van der Waals surface area (Å²) in [6.45, 7) is 1.15. The molecule has 0 saturated heterocycles. The van der Waals surface area contributed by atoms with Gasteiger partial charge in [0, 0.05) is 5.39 Å². The summed E-state index contributed by atoms with van der Waals surface area (Å²) in [5.41, 5.74) is -1.21. The Morgan fingerprint density at radius 3 is 2.50 bits per heavy atom. The van der Waals surface area contributed by atoms with Crippen LogP contribution in [0.3, 0.4) is 0 Å². The maximum absolute atomic E-state index is 11.8. The average Bonchev–Trinajstić information content (AvgIpc) is 2.28. The van der Waals surface area contributed by atoms with Gasteiger partial charge in [0.05, 0.1) is 21.7 Å². The molecule has 0 atom stereocenters. The predicted molar refractivity (Wildman–Crippen MR) is 66.5 cm³/mol. The van der Waals surface area contributed by atoms with Crippen molar-refractivity contribution in [2.24, 2.45) is 0 Å². The Labute approximate surface area is 106 Å². The van der Waals surface area contributed by atoms with Crippen molar-refractivity contribution < 1.29 is 14.7 Å². The Balaban J connectivity index is 3.09. The van der Waals surface area contributed by atoms with Crippen LogP contribution in [0.2, 0.25) is 5.02 Å². The van der Waals surface area contributed by atoms with Crippen LogP contribution in [-0.2, 0) is 0 Å². The number of aromatic nitrogens is 1. The lowest BCUT2D eigenvalue weighted by atomic mass is 10.0. The number of H-pyrrole nitrogens is 1. The molecule has 18 heavy (non-hydrogen) atoms. The molecular weight excluding hydrogens is 258 g/mol. The van der Waals surface area contributed by atoms with Crippen LogP contribution in [0, 0.1) is 0 Å². The quantitative estimate of drug-likeness (QED) is 0.814. The number of hydrogen-bond acceptors (Lipinski definition) is 3. The smallest absolute Gasteiger partial charge is 0.337 e. The monoisotopic (exact) mass is 265 g/mol. The van der Waals surface area contributed by atoms with Crippen LogP contribution in [-0.4, -0.2) is 21.8 Å². The van der Waals surface area contributed by atoms with Crippen LogP contribution in [0.4, 0.5) is 0 Å². The molecule has 0 aliphatic rings. The van der Waals surface area contributed by atoms with E-state index in [-0.39, 0.29) is 27.1 Å². The van der Waals surface area contributed by atoms with Crippen molar-refractivity contribution in [1.29, 1.82) is 0 Å². The molecule has 2 N–H and O–H groups in total. The Morgan fingerprint density at radius 1 is 1.28 bits per heavy atom. The molecule has 6 heteroatoms. The summed E-state index contributed by atoms with van der Waals surface area (Å²) >= 11 is 5.89. The van der Waals surface area contributed by atoms with Gasteiger partial charge in [0.25, 0.3) is 5.56 Å². The second kappa shape index (κ2) is 4.27. The molecule has 1 heterocycles. The van der Waals surface area contributed by atoms with Crippen LogP contribution in [0.1, 0.15) is 27.6 Å². The topological polar surface area (TPSA) is 87.2 Å². The lowest BCUT2D eigenvalue weighted by Crippen LogP contribution is -2.22. The molecule has 0 fully saturated rings. The maximum atomic E-state index is 11.8. The zero-order chi connectivity index (χ0) is 13.4. The van der Waals surface area contributed by atoms with Crippen molar-refractivity contribution in [3.8, 4) is 0 Å². The van der Waals surface area contributed by atoms with Crippen molar-refractivity contribution in [1.82, 2.24) is 4.98 Å². The fourth-order valence-electron chi connectivity index (χ4n) is 1.84. The summed E-state index contributed by atoms with van der Waals surface area (Å²) in [7, 11) is 0. The van der Waals surface area contributed by atoms with Crippen molar-refractivity contribution in [3.05, 3.63) is 44.7 Å². The summed E-state index contributed by atoms with van der Waals surface area (Å²) in [5, 5.41) is 9.64. The average molecular weight is 266 g/mol. The van der Waals surface area contributed by atoms with E-state index in [0.717, 1.165) is 6.92 Å². The number of Topliss-reactive ketones (excluding diaryl/α,β-unsaturated/α-hetero) is 1. The van der Waals surface area contributed by atoms with Gasteiger partial charge in [0.15, 0.2) is 5.78 Å². The molecule has 0 spiro atoms. The largest absolute Gasteiger partial charge is 0.478 e. The highest BCUT2D eigenvalue weighted by Gasteiger charge is 2.22. The standard InChI is InChI=1S/C12H8ClNO4/c1-5(15)8-9(12(17)18)6-3-2-4-7(13)10(6)14-11(8)16/h2-4H,1H3,(H,14,16)(H,17,18). The van der Waals surface area contributed by atoms with Gasteiger partial charge >= 0.3 is 5.97 Å². The highest BCUT2D eigenvalue weighted by atomic mass is 35.5. The first-order valence-electron chi connectivity index (χ1n) is 5.02. The Bertz CT molecular complexity index is 733. The van der Waals surface area contributed by atoms with Gasteiger partial charge in [-0.3, -0.25) is 9.59 Å². The number of para-hydroxylation sites is 1. The summed E-state index contributed by atoms with van der Waals surface area (Å²) in [6, 6.07) is 4.57. The third kappa shape index (κ3) is 1.78. The van der Waals surface area contributed by atoms with E-state index in [1.165, 1.54) is 12.1 Å². The first-order valence-corrected chi connectivity index (χ1v) is 5.40. The summed E-state index contributed by atoms with van der Waals surface area (Å²) in [5.74, 6) is -1.94. The molecule has 92 valence electrons. The van der Waals surface area contributed by atoms with Gasteiger partial charge in [-0.2, -0.15) is 0 Å². The van der Waals surface area contributed by atoms with Gasteiger partial charge in [-0.1, -0.05) is 23.7 Å². The van der Waals surface area contributed by atoms with E-state index >= 15 is 0 Å². The van der Waals surface area contributed by atoms with E-state index in [9.17, 15) is 19.5 Å². The zero-order valence-electron chi connectivity index (χ0n) is 9.28. The van der Waals surface area contributed by atoms with Crippen molar-refractivity contribution in [2.45, 2.75) is 6.92 Å². The minimum absolute atomic E-state index is 0.214. The molecule has 0 aliphatic carbocycles. The molecule has 0 aliphatic heterocycles. The molecule has 0 unspecified atom stereocenters. The fraction of sp³-hybridized carbons (Fsp3) is 0.0833. The van der Waals surface area contributed by atoms with Gasteiger partial charge in [0.2, 0.25) is 0 Å². The molecule has 0 amide bonds. The van der Waals surface area contributed by atoms with E-state index in [0.29, 0.717) is 0 Å². The van der Waals surface area contributed by atoms with E-state index in [1.54, 1.807) is 6.07 Å². The number of benzene rings is 1. The molecule has 1 aromatic carbocycles. The number of ketones is 1. The van der Waals surface area contributed by atoms with Crippen LogP contribution < -0.4 is 5.56 Å². The summed E-state index contributed by atoms with van der Waals surface area (Å²) in [6.07, 6.45) is 0. The molecule has 0 bridgehead atoms. The number of carboxylic acids is 1. The third-order valence-electron chi connectivity index (χ3n) is 2.56. The molecule has 1 aromatic heterocycles. The van der Waals surface area contributed by atoms with Crippen molar-refractivity contribution in [3.63, 3.8) is 0 Å². The lowest BCUT2D eigenvalue weighted by molar-refractivity contribution is 0.0694. The van der Waals surface area contributed by atoms with Crippen LogP contribution in [0.5, 0.6) is 0 Å². The van der Waals surface area contributed by atoms with E-state index < -0.39 is 17.3 Å². The second-order valence-corrected chi connectivity index (χ2v) is 4.14. The SMILES string of the molecule is CC(=O)c1c(C(=O)O)c2cccc(Cl)c2[nH]c1=O. The lowest BCUT2D eigenvalue weighted by Gasteiger charge is -2.07. The highest BCUT2D eigenvalue weighted by Crippen LogP contribution is 2.24. The van der Waals surface area contributed by atoms with Crippen molar-refractivity contribution in [2.75, 3.05) is 0 Å². The van der Waals surface area contributed by atoms with Gasteiger partial charge in [-0.05, 0) is 13.0 Å². The predicted octanol–water partition coefficient (Wildman–Crippen LogP) is 2.08. The number of nitrogens with one attached hydrogen (secondary N) is 1. The van der Waals surface area contributed by atoms with Crippen LogP contribution in [0.25, 0.3) is 10.9 Å². The first-order chi connectivity index (χ1) is 8.43. The number of fused-ring (bicyclic) bond motifs is 1. The van der Waals surface area contributed by atoms with E-state index in [2.05, 4.69) is 4.98 Å². The zero-order valence-corrected chi connectivity index (χ0v) is 10.0. The molecule has 2 rings (SSSR count). The number of halogens is 1. The third-order valence-corrected chi connectivity index (χ3v) is 2.88. The Hall–Kier alpha value is -2.14. The molecule has 5 nitrogen and oxygen atoms in total. The molecule has 0 saturated carbocycles. The minimum atomic E-state index is -1.33. The number of aromatic amines is 1. The van der Waals surface area contributed by atoms with E-state index in [4.69, 9.17) is 11.6 Å². The molecule has 0 radical (unpaired) electrons. The number of carbonyl (C=O) groups excluding carboxylic acids is 1. The number of pyridine rings is 1. The number of carbonyl (C=O) groups is 2. The number of rotatable bonds is 2. The maximum Gasteiger partial charge on any atom is 0.337 e. The molecular formula is C12H8ClNO4. The van der Waals surface area contributed by atoms with Crippen molar-refractivity contribution >= 4 is 34.3 Å². The normalized spacial score (nSPS) is 10.6. The fourth-order valence-corrected chi connectivity index (χ4v) is 2.06. The van der Waals surface area contributed by atoms with Crippen LogP contribution >= 0.6 is 11.6 Å². The van der Waals surface area contributed by atoms with Gasteiger partial charge < -0.3 is 10.1 Å². The van der Waals surface area contributed by atoms with Gasteiger partial charge in [-0.15, -0.1) is 0 Å². The van der Waals surface area contributed by atoms with Gasteiger partial charge in [0.1, 0.15) is 0 Å². The Kier molecular flexibility index (Phi) is 2.92.